The second kappa shape index (κ2) is 8.01. The Bertz CT molecular complexity index is 1330. The van der Waals surface area contributed by atoms with E-state index in [-0.39, 0.29) is 12.5 Å². The van der Waals surface area contributed by atoms with E-state index >= 15 is 0 Å². The van der Waals surface area contributed by atoms with Gasteiger partial charge in [-0.05, 0) is 42.5 Å². The molecule has 0 bridgehead atoms. The summed E-state index contributed by atoms with van der Waals surface area (Å²) in [7, 11) is 3.20. The highest BCUT2D eigenvalue weighted by Gasteiger charge is 2.25. The first-order chi connectivity index (χ1) is 15.2. The Morgan fingerprint density at radius 3 is 2.74 bits per heavy atom. The second-order valence-electron chi connectivity index (χ2n) is 6.65. The molecular formula is C22H17N3O4S2. The second-order valence-corrected chi connectivity index (χ2v) is 8.51. The van der Waals surface area contributed by atoms with Crippen LogP contribution in [0.1, 0.15) is 16.1 Å². The normalized spacial score (nSPS) is 11.2. The molecule has 7 nitrogen and oxygen atoms in total. The number of carbonyl (C=O) groups is 1. The number of thiazole rings is 2. The lowest BCUT2D eigenvalue weighted by molar-refractivity contribution is 0.0983. The van der Waals surface area contributed by atoms with Crippen molar-refractivity contribution in [3.05, 3.63) is 65.6 Å². The summed E-state index contributed by atoms with van der Waals surface area (Å²) in [5, 5.41) is 0.531. The molecule has 0 atom stereocenters. The van der Waals surface area contributed by atoms with E-state index in [1.165, 1.54) is 22.7 Å². The zero-order chi connectivity index (χ0) is 21.4. The number of hydrogen-bond donors (Lipinski definition) is 0. The van der Waals surface area contributed by atoms with Crippen molar-refractivity contribution in [2.75, 3.05) is 19.1 Å². The fourth-order valence-corrected chi connectivity index (χ4v) is 5.11. The summed E-state index contributed by atoms with van der Waals surface area (Å²) < 4.78 is 18.3. The number of fused-ring (bicyclic) bond motifs is 2. The van der Waals surface area contributed by atoms with Gasteiger partial charge < -0.3 is 13.9 Å². The van der Waals surface area contributed by atoms with Gasteiger partial charge in [-0.25, -0.2) is 9.97 Å². The van der Waals surface area contributed by atoms with E-state index in [4.69, 9.17) is 18.9 Å². The van der Waals surface area contributed by atoms with Crippen LogP contribution in [0, 0.1) is 0 Å². The highest BCUT2D eigenvalue weighted by Crippen LogP contribution is 2.40. The van der Waals surface area contributed by atoms with E-state index in [1.54, 1.807) is 49.1 Å². The average molecular weight is 452 g/mol. The van der Waals surface area contributed by atoms with Crippen molar-refractivity contribution in [1.29, 1.82) is 0 Å². The number of benzene rings is 2. The Kier molecular flexibility index (Phi) is 5.05. The number of anilines is 1. The number of hydrogen-bond acceptors (Lipinski definition) is 8. The third kappa shape index (κ3) is 3.51. The largest absolute Gasteiger partial charge is 0.495 e. The zero-order valence-electron chi connectivity index (χ0n) is 16.7. The van der Waals surface area contributed by atoms with Gasteiger partial charge in [0.1, 0.15) is 27.5 Å². The number of ether oxygens (including phenoxy) is 2. The maximum absolute atomic E-state index is 13.6. The molecule has 2 aromatic carbocycles. The van der Waals surface area contributed by atoms with Crippen molar-refractivity contribution >= 4 is 54.1 Å². The summed E-state index contributed by atoms with van der Waals surface area (Å²) in [6.07, 6.45) is 1.59. The summed E-state index contributed by atoms with van der Waals surface area (Å²) in [6.45, 7) is 0.247. The molecule has 3 aromatic heterocycles. The number of aromatic nitrogens is 2. The minimum atomic E-state index is -0.177. The van der Waals surface area contributed by atoms with Gasteiger partial charge in [0.2, 0.25) is 0 Å². The molecular weight excluding hydrogens is 434 g/mol. The van der Waals surface area contributed by atoms with E-state index in [0.29, 0.717) is 33.5 Å². The molecule has 0 spiro atoms. The molecule has 5 rings (SSSR count). The van der Waals surface area contributed by atoms with Gasteiger partial charge in [-0.1, -0.05) is 11.3 Å². The molecule has 0 aliphatic carbocycles. The van der Waals surface area contributed by atoms with Crippen LogP contribution in [0.25, 0.3) is 20.4 Å². The molecule has 5 aromatic rings. The molecule has 0 unspecified atom stereocenters. The van der Waals surface area contributed by atoms with Crippen LogP contribution in [0.15, 0.2) is 58.7 Å². The molecule has 156 valence electrons. The Labute approximate surface area is 185 Å². The number of nitrogens with zero attached hydrogens (tertiary/aromatic N) is 3. The zero-order valence-corrected chi connectivity index (χ0v) is 18.3. The minimum Gasteiger partial charge on any atom is -0.495 e. The predicted octanol–water partition coefficient (Wildman–Crippen LogP) is 5.36. The highest BCUT2D eigenvalue weighted by atomic mass is 32.1. The van der Waals surface area contributed by atoms with Crippen LogP contribution in [0.2, 0.25) is 0 Å². The molecule has 3 heterocycles. The molecule has 0 aliphatic heterocycles. The number of carbonyl (C=O) groups excluding carboxylic acids is 1. The summed E-state index contributed by atoms with van der Waals surface area (Å²) >= 11 is 2.87. The minimum absolute atomic E-state index is 0.177. The Hall–Kier alpha value is -3.43. The molecule has 0 radical (unpaired) electrons. The number of rotatable bonds is 6. The number of furan rings is 1. The van der Waals surface area contributed by atoms with Crippen LogP contribution < -0.4 is 14.4 Å². The van der Waals surface area contributed by atoms with Crippen molar-refractivity contribution in [2.45, 2.75) is 6.54 Å². The maximum atomic E-state index is 13.6. The van der Waals surface area contributed by atoms with E-state index in [1.807, 2.05) is 24.3 Å². The third-order valence-electron chi connectivity index (χ3n) is 4.85. The third-order valence-corrected chi connectivity index (χ3v) is 6.73. The van der Waals surface area contributed by atoms with Gasteiger partial charge in [-0.3, -0.25) is 9.69 Å². The predicted molar refractivity (Wildman–Crippen MR) is 122 cm³/mol. The first kappa shape index (κ1) is 19.5. The molecule has 9 heteroatoms. The van der Waals surface area contributed by atoms with Gasteiger partial charge in [0, 0.05) is 5.56 Å². The van der Waals surface area contributed by atoms with E-state index < -0.39 is 0 Å². The van der Waals surface area contributed by atoms with Gasteiger partial charge in [-0.15, -0.1) is 11.3 Å². The molecule has 1 amide bonds. The van der Waals surface area contributed by atoms with Gasteiger partial charge in [-0.2, -0.15) is 0 Å². The Morgan fingerprint density at radius 1 is 1.13 bits per heavy atom. The quantitative estimate of drug-likeness (QED) is 0.346. The lowest BCUT2D eigenvalue weighted by atomic mass is 10.2. The molecule has 0 fully saturated rings. The summed E-state index contributed by atoms with van der Waals surface area (Å²) in [6, 6.07) is 12.8. The maximum Gasteiger partial charge on any atom is 0.260 e. The van der Waals surface area contributed by atoms with Crippen molar-refractivity contribution in [3.63, 3.8) is 0 Å². The van der Waals surface area contributed by atoms with E-state index in [9.17, 15) is 4.79 Å². The Morgan fingerprint density at radius 2 is 1.97 bits per heavy atom. The smallest absolute Gasteiger partial charge is 0.260 e. The monoisotopic (exact) mass is 451 g/mol. The first-order valence-electron chi connectivity index (χ1n) is 9.37. The van der Waals surface area contributed by atoms with Crippen molar-refractivity contribution in [3.8, 4) is 11.5 Å². The SMILES string of the molecule is COc1ccc(OC)c2sc(N(Cc3ccco3)C(=O)c3ccc4ncsc4c3)nc12. The summed E-state index contributed by atoms with van der Waals surface area (Å²) in [5.74, 6) is 1.78. The molecule has 0 N–H and O–H groups in total. The topological polar surface area (TPSA) is 77.7 Å². The van der Waals surface area contributed by atoms with Gasteiger partial charge >= 0.3 is 0 Å². The van der Waals surface area contributed by atoms with Gasteiger partial charge in [0.25, 0.3) is 5.91 Å². The van der Waals surface area contributed by atoms with Crippen LogP contribution in [-0.2, 0) is 6.54 Å². The van der Waals surface area contributed by atoms with Gasteiger partial charge in [0.05, 0.1) is 42.8 Å². The average Bonchev–Trinajstić information content (AvgIpc) is 3.56. The van der Waals surface area contributed by atoms with Crippen molar-refractivity contribution in [2.24, 2.45) is 0 Å². The molecule has 0 saturated carbocycles. The highest BCUT2D eigenvalue weighted by molar-refractivity contribution is 7.22. The molecule has 31 heavy (non-hydrogen) atoms. The molecule has 0 saturated heterocycles. The van der Waals surface area contributed by atoms with Crippen LogP contribution in [0.5, 0.6) is 11.5 Å². The van der Waals surface area contributed by atoms with Gasteiger partial charge in [0.15, 0.2) is 5.13 Å². The van der Waals surface area contributed by atoms with E-state index in [0.717, 1.165) is 14.9 Å². The lowest BCUT2D eigenvalue weighted by Gasteiger charge is -2.18. The molecule has 0 aliphatic rings. The van der Waals surface area contributed by atoms with Crippen molar-refractivity contribution < 1.29 is 18.7 Å². The Balaban J connectivity index is 1.63. The summed E-state index contributed by atoms with van der Waals surface area (Å²) in [4.78, 5) is 24.2. The standard InChI is InChI=1S/C22H17N3O4S2/c1-27-16-7-8-17(28-2)20-19(16)24-22(31-20)25(11-14-4-3-9-29-14)21(26)13-5-6-15-18(10-13)30-12-23-15/h3-10,12H,11H2,1-2H3. The van der Waals surface area contributed by atoms with Crippen LogP contribution in [-0.4, -0.2) is 30.1 Å². The lowest BCUT2D eigenvalue weighted by Crippen LogP contribution is -2.30. The number of amides is 1. The summed E-state index contributed by atoms with van der Waals surface area (Å²) in [5.41, 5.74) is 3.85. The van der Waals surface area contributed by atoms with Crippen LogP contribution in [0.3, 0.4) is 0 Å². The van der Waals surface area contributed by atoms with E-state index in [2.05, 4.69) is 4.98 Å². The van der Waals surface area contributed by atoms with Crippen LogP contribution in [0.4, 0.5) is 5.13 Å². The fraction of sp³-hybridized carbons (Fsp3) is 0.136. The fourth-order valence-electron chi connectivity index (χ4n) is 3.32. The first-order valence-corrected chi connectivity index (χ1v) is 11.1. The van der Waals surface area contributed by atoms with Crippen LogP contribution >= 0.6 is 22.7 Å². The van der Waals surface area contributed by atoms with Crippen molar-refractivity contribution in [1.82, 2.24) is 9.97 Å². The number of methoxy groups -OCH3 is 2.